The average molecular weight is 212 g/mol. The first kappa shape index (κ1) is 8.47. The van der Waals surface area contributed by atoms with E-state index in [0.29, 0.717) is 6.42 Å². The van der Waals surface area contributed by atoms with E-state index in [0.717, 1.165) is 10.9 Å². The van der Waals surface area contributed by atoms with Gasteiger partial charge in [0.05, 0.1) is 0 Å². The third kappa shape index (κ3) is 2.46. The molecule has 0 heterocycles. The third-order valence-corrected chi connectivity index (χ3v) is 2.10. The molecule has 2 heteroatoms. The molecule has 0 saturated carbocycles. The lowest BCUT2D eigenvalue weighted by atomic mass is 10.1. The largest absolute Gasteiger partial charge is 0.291 e. The summed E-state index contributed by atoms with van der Waals surface area (Å²) in [4.78, 5) is 9.99. The van der Waals surface area contributed by atoms with Gasteiger partial charge in [0.25, 0.3) is 0 Å². The molecule has 11 heavy (non-hydrogen) atoms. The standard InChI is InChI=1S/C9H8BrO/c10-7-9-3-1-8(2-4-9)5-6-11/h1-4H,5,7H2. The van der Waals surface area contributed by atoms with Gasteiger partial charge in [-0.2, -0.15) is 0 Å². The average Bonchev–Trinajstić information content (AvgIpc) is 2.07. The van der Waals surface area contributed by atoms with Crippen molar-refractivity contribution in [2.24, 2.45) is 0 Å². The Balaban J connectivity index is 2.74. The summed E-state index contributed by atoms with van der Waals surface area (Å²) in [5.74, 6) is 0. The van der Waals surface area contributed by atoms with Gasteiger partial charge in [0.1, 0.15) is 0 Å². The number of rotatable bonds is 3. The zero-order chi connectivity index (χ0) is 8.10. The minimum Gasteiger partial charge on any atom is -0.291 e. The van der Waals surface area contributed by atoms with E-state index >= 15 is 0 Å². The first-order valence-corrected chi connectivity index (χ1v) is 4.47. The summed E-state index contributed by atoms with van der Waals surface area (Å²) < 4.78 is 0. The quantitative estimate of drug-likeness (QED) is 0.702. The van der Waals surface area contributed by atoms with Gasteiger partial charge in [0.15, 0.2) is 0 Å². The molecule has 0 aromatic heterocycles. The second-order valence-electron chi connectivity index (χ2n) is 2.27. The Morgan fingerprint density at radius 3 is 2.18 bits per heavy atom. The Kier molecular flexibility index (Phi) is 3.30. The summed E-state index contributed by atoms with van der Waals surface area (Å²) in [5.41, 5.74) is 2.24. The molecule has 0 bridgehead atoms. The van der Waals surface area contributed by atoms with Gasteiger partial charge in [0.2, 0.25) is 6.29 Å². The van der Waals surface area contributed by atoms with E-state index in [4.69, 9.17) is 0 Å². The first-order valence-electron chi connectivity index (χ1n) is 3.35. The van der Waals surface area contributed by atoms with Crippen LogP contribution in [0, 0.1) is 0 Å². The molecular formula is C9H8BrO. The highest BCUT2D eigenvalue weighted by Crippen LogP contribution is 2.07. The molecule has 0 N–H and O–H groups in total. The van der Waals surface area contributed by atoms with Crippen molar-refractivity contribution in [1.29, 1.82) is 0 Å². The number of halogens is 1. The Bertz CT molecular complexity index is 228. The SMILES string of the molecule is O=[C]Cc1ccc(CBr)cc1. The predicted molar refractivity (Wildman–Crippen MR) is 48.5 cm³/mol. The number of hydrogen-bond acceptors (Lipinski definition) is 1. The van der Waals surface area contributed by atoms with Crippen LogP contribution in [0.1, 0.15) is 11.1 Å². The number of carbonyl (C=O) groups excluding carboxylic acids is 1. The Hall–Kier alpha value is -0.630. The lowest BCUT2D eigenvalue weighted by Gasteiger charge is -1.96. The van der Waals surface area contributed by atoms with E-state index < -0.39 is 0 Å². The van der Waals surface area contributed by atoms with Crippen LogP contribution in [0.25, 0.3) is 0 Å². The van der Waals surface area contributed by atoms with E-state index in [1.807, 2.05) is 30.6 Å². The molecule has 0 fully saturated rings. The van der Waals surface area contributed by atoms with Crippen molar-refractivity contribution in [3.05, 3.63) is 35.4 Å². The smallest absolute Gasteiger partial charge is 0.203 e. The topological polar surface area (TPSA) is 17.1 Å². The molecule has 0 amide bonds. The summed E-state index contributed by atoms with van der Waals surface area (Å²) >= 11 is 3.34. The molecule has 1 nitrogen and oxygen atoms in total. The van der Waals surface area contributed by atoms with Gasteiger partial charge < -0.3 is 0 Å². The normalized spacial score (nSPS) is 9.55. The van der Waals surface area contributed by atoms with Crippen LogP contribution in [0.15, 0.2) is 24.3 Å². The molecule has 0 aliphatic rings. The third-order valence-electron chi connectivity index (χ3n) is 1.45. The van der Waals surface area contributed by atoms with Crippen LogP contribution in [-0.4, -0.2) is 6.29 Å². The molecule has 0 aliphatic carbocycles. The van der Waals surface area contributed by atoms with Crippen LogP contribution in [0.3, 0.4) is 0 Å². The lowest BCUT2D eigenvalue weighted by molar-refractivity contribution is 0.555. The van der Waals surface area contributed by atoms with Crippen LogP contribution in [0.4, 0.5) is 0 Å². The van der Waals surface area contributed by atoms with Gasteiger partial charge in [-0.25, -0.2) is 0 Å². The van der Waals surface area contributed by atoms with Crippen molar-refractivity contribution >= 4 is 22.2 Å². The van der Waals surface area contributed by atoms with Crippen molar-refractivity contribution in [3.63, 3.8) is 0 Å². The van der Waals surface area contributed by atoms with E-state index in [2.05, 4.69) is 15.9 Å². The molecule has 1 aromatic carbocycles. The second kappa shape index (κ2) is 4.29. The van der Waals surface area contributed by atoms with E-state index in [1.54, 1.807) is 0 Å². The van der Waals surface area contributed by atoms with Crippen molar-refractivity contribution in [2.75, 3.05) is 0 Å². The molecule has 0 saturated heterocycles. The summed E-state index contributed by atoms with van der Waals surface area (Å²) in [6.45, 7) is 0. The maximum Gasteiger partial charge on any atom is 0.203 e. The van der Waals surface area contributed by atoms with Crippen molar-refractivity contribution in [2.45, 2.75) is 11.8 Å². The molecule has 0 aliphatic heterocycles. The van der Waals surface area contributed by atoms with Gasteiger partial charge in [-0.1, -0.05) is 40.2 Å². The highest BCUT2D eigenvalue weighted by atomic mass is 79.9. The maximum atomic E-state index is 9.99. The molecule has 1 radical (unpaired) electrons. The fourth-order valence-electron chi connectivity index (χ4n) is 0.830. The number of alkyl halides is 1. The van der Waals surface area contributed by atoms with Gasteiger partial charge in [-0.15, -0.1) is 0 Å². The van der Waals surface area contributed by atoms with Gasteiger partial charge in [-0.05, 0) is 11.1 Å². The molecule has 1 rings (SSSR count). The van der Waals surface area contributed by atoms with Crippen molar-refractivity contribution < 1.29 is 4.79 Å². The summed E-state index contributed by atoms with van der Waals surface area (Å²) in [6.07, 6.45) is 2.25. The summed E-state index contributed by atoms with van der Waals surface area (Å²) in [7, 11) is 0. The predicted octanol–water partition coefficient (Wildman–Crippen LogP) is 2.23. The zero-order valence-corrected chi connectivity index (χ0v) is 7.60. The molecule has 0 spiro atoms. The van der Waals surface area contributed by atoms with Gasteiger partial charge in [0, 0.05) is 11.8 Å². The monoisotopic (exact) mass is 211 g/mol. The lowest BCUT2D eigenvalue weighted by Crippen LogP contribution is -1.85. The summed E-state index contributed by atoms with van der Waals surface area (Å²) in [5, 5.41) is 0.859. The fourth-order valence-corrected chi connectivity index (χ4v) is 1.20. The second-order valence-corrected chi connectivity index (χ2v) is 2.83. The number of benzene rings is 1. The van der Waals surface area contributed by atoms with E-state index in [1.165, 1.54) is 5.56 Å². The fraction of sp³-hybridized carbons (Fsp3) is 0.222. The molecule has 0 unspecified atom stereocenters. The van der Waals surface area contributed by atoms with E-state index in [-0.39, 0.29) is 0 Å². The van der Waals surface area contributed by atoms with E-state index in [9.17, 15) is 4.79 Å². The highest BCUT2D eigenvalue weighted by molar-refractivity contribution is 9.08. The van der Waals surface area contributed by atoms with Crippen molar-refractivity contribution in [3.8, 4) is 0 Å². The van der Waals surface area contributed by atoms with Crippen LogP contribution in [0.5, 0.6) is 0 Å². The Morgan fingerprint density at radius 2 is 1.73 bits per heavy atom. The molecular weight excluding hydrogens is 204 g/mol. The molecule has 57 valence electrons. The maximum absolute atomic E-state index is 9.99. The van der Waals surface area contributed by atoms with Gasteiger partial charge >= 0.3 is 0 Å². The minimum absolute atomic E-state index is 0.391. The Labute approximate surface area is 74.6 Å². The van der Waals surface area contributed by atoms with Crippen LogP contribution < -0.4 is 0 Å². The van der Waals surface area contributed by atoms with Crippen LogP contribution in [-0.2, 0) is 16.5 Å². The Morgan fingerprint density at radius 1 is 1.18 bits per heavy atom. The first-order chi connectivity index (χ1) is 5.36. The zero-order valence-electron chi connectivity index (χ0n) is 6.01. The van der Waals surface area contributed by atoms with Crippen LogP contribution in [0.2, 0.25) is 0 Å². The molecule has 0 atom stereocenters. The van der Waals surface area contributed by atoms with Gasteiger partial charge in [-0.3, -0.25) is 4.79 Å². The highest BCUT2D eigenvalue weighted by Gasteiger charge is 1.91. The van der Waals surface area contributed by atoms with Crippen LogP contribution >= 0.6 is 15.9 Å². The van der Waals surface area contributed by atoms with Crippen molar-refractivity contribution in [1.82, 2.24) is 0 Å². The summed E-state index contributed by atoms with van der Waals surface area (Å²) in [6, 6.07) is 7.89. The number of hydrogen-bond donors (Lipinski definition) is 0. The minimum atomic E-state index is 0.391. The molecule has 1 aromatic rings.